The Morgan fingerprint density at radius 2 is 2.00 bits per heavy atom. The third-order valence-electron chi connectivity index (χ3n) is 3.58. The standard InChI is InChI=1S/C13H15ClF3N3O/c1-7-6-10(14)19-12(18-7)20-11(21)8-4-2-3-5-9(8)13(15,16)17/h6,8-9H,2-5H2,1H3,(H,18,19,20,21). The van der Waals surface area contributed by atoms with E-state index in [4.69, 9.17) is 11.6 Å². The van der Waals surface area contributed by atoms with Gasteiger partial charge in [-0.15, -0.1) is 0 Å². The summed E-state index contributed by atoms with van der Waals surface area (Å²) in [5, 5.41) is 2.48. The molecule has 2 rings (SSSR count). The monoisotopic (exact) mass is 321 g/mol. The largest absolute Gasteiger partial charge is 0.392 e. The molecule has 1 aliphatic carbocycles. The van der Waals surface area contributed by atoms with Crippen LogP contribution in [0.25, 0.3) is 0 Å². The Kier molecular flexibility index (Phi) is 4.70. The second-order valence-corrected chi connectivity index (χ2v) is 5.57. The highest BCUT2D eigenvalue weighted by Crippen LogP contribution is 2.41. The molecule has 0 radical (unpaired) electrons. The van der Waals surface area contributed by atoms with Gasteiger partial charge in [0, 0.05) is 11.6 Å². The number of carbonyl (C=O) groups is 1. The van der Waals surface area contributed by atoms with Gasteiger partial charge in [-0.2, -0.15) is 13.2 Å². The molecule has 0 aromatic carbocycles. The van der Waals surface area contributed by atoms with Crippen LogP contribution in [0.2, 0.25) is 5.15 Å². The summed E-state index contributed by atoms with van der Waals surface area (Å²) in [4.78, 5) is 19.9. The van der Waals surface area contributed by atoms with E-state index in [-0.39, 0.29) is 23.9 Å². The van der Waals surface area contributed by atoms with Gasteiger partial charge in [0.25, 0.3) is 0 Å². The number of nitrogens with one attached hydrogen (secondary N) is 1. The van der Waals surface area contributed by atoms with Gasteiger partial charge in [0.2, 0.25) is 11.9 Å². The molecular weight excluding hydrogens is 307 g/mol. The van der Waals surface area contributed by atoms with Gasteiger partial charge >= 0.3 is 6.18 Å². The van der Waals surface area contributed by atoms with E-state index in [1.165, 1.54) is 6.07 Å². The van der Waals surface area contributed by atoms with Crippen molar-refractivity contribution in [1.82, 2.24) is 9.97 Å². The van der Waals surface area contributed by atoms with Crippen LogP contribution in [0, 0.1) is 18.8 Å². The highest BCUT2D eigenvalue weighted by atomic mass is 35.5. The van der Waals surface area contributed by atoms with Crippen LogP contribution in [0.4, 0.5) is 19.1 Å². The van der Waals surface area contributed by atoms with Crippen LogP contribution in [-0.4, -0.2) is 22.1 Å². The van der Waals surface area contributed by atoms with Crippen LogP contribution >= 0.6 is 11.6 Å². The van der Waals surface area contributed by atoms with Crippen LogP contribution in [0.3, 0.4) is 0 Å². The molecule has 1 saturated carbocycles. The van der Waals surface area contributed by atoms with Gasteiger partial charge in [-0.05, 0) is 25.8 Å². The minimum Gasteiger partial charge on any atom is -0.294 e. The van der Waals surface area contributed by atoms with Gasteiger partial charge in [0.1, 0.15) is 5.15 Å². The molecule has 21 heavy (non-hydrogen) atoms. The second-order valence-electron chi connectivity index (χ2n) is 5.18. The summed E-state index contributed by atoms with van der Waals surface area (Å²) in [6.07, 6.45) is -3.07. The van der Waals surface area contributed by atoms with Gasteiger partial charge in [-0.1, -0.05) is 24.4 Å². The lowest BCUT2D eigenvalue weighted by Crippen LogP contribution is -2.40. The summed E-state index contributed by atoms with van der Waals surface area (Å²) in [5.41, 5.74) is 0.529. The minimum absolute atomic E-state index is 0.0168. The zero-order valence-corrected chi connectivity index (χ0v) is 12.1. The Hall–Kier alpha value is -1.37. The number of carbonyl (C=O) groups excluding carboxylic acids is 1. The van der Waals surface area contributed by atoms with E-state index >= 15 is 0 Å². The SMILES string of the molecule is Cc1cc(Cl)nc(NC(=O)C2CCCCC2C(F)(F)F)n1. The van der Waals surface area contributed by atoms with Crippen molar-refractivity contribution < 1.29 is 18.0 Å². The van der Waals surface area contributed by atoms with Crippen molar-refractivity contribution in [3.63, 3.8) is 0 Å². The van der Waals surface area contributed by atoms with Crippen molar-refractivity contribution in [3.05, 3.63) is 16.9 Å². The first-order valence-electron chi connectivity index (χ1n) is 6.66. The number of hydrogen-bond donors (Lipinski definition) is 1. The molecule has 1 N–H and O–H groups in total. The van der Waals surface area contributed by atoms with Gasteiger partial charge < -0.3 is 0 Å². The number of anilines is 1. The molecule has 2 atom stereocenters. The average molecular weight is 322 g/mol. The Labute approximate surface area is 125 Å². The Morgan fingerprint density at radius 1 is 1.33 bits per heavy atom. The number of nitrogens with zero attached hydrogens (tertiary/aromatic N) is 2. The normalized spacial score (nSPS) is 22.9. The summed E-state index contributed by atoms with van der Waals surface area (Å²) in [6.45, 7) is 1.66. The smallest absolute Gasteiger partial charge is 0.294 e. The third-order valence-corrected chi connectivity index (χ3v) is 3.77. The van der Waals surface area contributed by atoms with Crippen molar-refractivity contribution in [2.45, 2.75) is 38.8 Å². The molecule has 8 heteroatoms. The maximum absolute atomic E-state index is 13.0. The molecule has 1 amide bonds. The number of hydrogen-bond acceptors (Lipinski definition) is 3. The van der Waals surface area contributed by atoms with Crippen LogP contribution in [0.5, 0.6) is 0 Å². The van der Waals surface area contributed by atoms with Crippen molar-refractivity contribution >= 4 is 23.5 Å². The van der Waals surface area contributed by atoms with E-state index in [0.717, 1.165) is 0 Å². The predicted octanol–water partition coefficient (Wildman–Crippen LogP) is 3.75. The molecule has 4 nitrogen and oxygen atoms in total. The molecule has 0 saturated heterocycles. The Balaban J connectivity index is 2.14. The fourth-order valence-electron chi connectivity index (χ4n) is 2.63. The summed E-state index contributed by atoms with van der Waals surface area (Å²) < 4.78 is 39.0. The summed E-state index contributed by atoms with van der Waals surface area (Å²) >= 11 is 5.74. The molecule has 1 aliphatic rings. The summed E-state index contributed by atoms with van der Waals surface area (Å²) in [5.74, 6) is -3.46. The molecule has 0 bridgehead atoms. The second kappa shape index (κ2) is 6.17. The van der Waals surface area contributed by atoms with Crippen LogP contribution < -0.4 is 5.32 Å². The molecule has 1 heterocycles. The fourth-order valence-corrected chi connectivity index (χ4v) is 2.86. The zero-order chi connectivity index (χ0) is 15.6. The number of amides is 1. The first-order chi connectivity index (χ1) is 9.77. The minimum atomic E-state index is -4.37. The molecule has 1 aromatic heterocycles. The Bertz CT molecular complexity index is 516. The molecule has 116 valence electrons. The number of halogens is 4. The molecule has 1 aromatic rings. The van der Waals surface area contributed by atoms with Crippen molar-refractivity contribution in [2.24, 2.45) is 11.8 Å². The molecule has 2 unspecified atom stereocenters. The van der Waals surface area contributed by atoms with Crippen molar-refractivity contribution in [3.8, 4) is 0 Å². The van der Waals surface area contributed by atoms with Crippen LogP contribution in [-0.2, 0) is 4.79 Å². The van der Waals surface area contributed by atoms with Crippen LogP contribution in [0.15, 0.2) is 6.07 Å². The molecule has 0 spiro atoms. The number of rotatable bonds is 2. The predicted molar refractivity (Wildman–Crippen MR) is 71.9 cm³/mol. The number of alkyl halides is 3. The van der Waals surface area contributed by atoms with E-state index in [9.17, 15) is 18.0 Å². The lowest BCUT2D eigenvalue weighted by atomic mass is 9.78. The first-order valence-corrected chi connectivity index (χ1v) is 7.04. The van der Waals surface area contributed by atoms with E-state index < -0.39 is 23.9 Å². The van der Waals surface area contributed by atoms with Crippen molar-refractivity contribution in [1.29, 1.82) is 0 Å². The highest BCUT2D eigenvalue weighted by Gasteiger charge is 2.48. The zero-order valence-electron chi connectivity index (χ0n) is 11.4. The van der Waals surface area contributed by atoms with Gasteiger partial charge in [-0.25, -0.2) is 9.97 Å². The van der Waals surface area contributed by atoms with E-state index in [0.29, 0.717) is 18.5 Å². The molecule has 1 fully saturated rings. The van der Waals surface area contributed by atoms with Gasteiger partial charge in [0.05, 0.1) is 5.92 Å². The van der Waals surface area contributed by atoms with Gasteiger partial charge in [-0.3, -0.25) is 10.1 Å². The van der Waals surface area contributed by atoms with E-state index in [1.54, 1.807) is 6.92 Å². The number of aryl methyl sites for hydroxylation is 1. The lowest BCUT2D eigenvalue weighted by molar-refractivity contribution is -0.197. The maximum atomic E-state index is 13.0. The quantitative estimate of drug-likeness (QED) is 0.844. The van der Waals surface area contributed by atoms with Gasteiger partial charge in [0.15, 0.2) is 0 Å². The maximum Gasteiger partial charge on any atom is 0.392 e. The third kappa shape index (κ3) is 4.06. The highest BCUT2D eigenvalue weighted by molar-refractivity contribution is 6.29. The first kappa shape index (κ1) is 16.0. The average Bonchev–Trinajstić information content (AvgIpc) is 2.36. The Morgan fingerprint density at radius 3 is 2.62 bits per heavy atom. The van der Waals surface area contributed by atoms with Crippen molar-refractivity contribution in [2.75, 3.05) is 5.32 Å². The summed E-state index contributed by atoms with van der Waals surface area (Å²) in [6, 6.07) is 1.50. The number of aromatic nitrogens is 2. The fraction of sp³-hybridized carbons (Fsp3) is 0.615. The lowest BCUT2D eigenvalue weighted by Gasteiger charge is -2.31. The summed E-state index contributed by atoms with van der Waals surface area (Å²) in [7, 11) is 0. The van der Waals surface area contributed by atoms with E-state index in [2.05, 4.69) is 15.3 Å². The molecular formula is C13H15ClF3N3O. The van der Waals surface area contributed by atoms with Crippen LogP contribution in [0.1, 0.15) is 31.4 Å². The molecule has 0 aliphatic heterocycles. The van der Waals surface area contributed by atoms with E-state index in [1.807, 2.05) is 0 Å². The topological polar surface area (TPSA) is 54.9 Å².